The summed E-state index contributed by atoms with van der Waals surface area (Å²) in [4.78, 5) is 96.5. The number of ether oxygens (including phenoxy) is 10. The van der Waals surface area contributed by atoms with E-state index >= 15 is 0 Å². The first kappa shape index (κ1) is 39.4. The van der Waals surface area contributed by atoms with E-state index in [-0.39, 0.29) is 0 Å². The van der Waals surface area contributed by atoms with Crippen molar-refractivity contribution in [3.05, 3.63) is 0 Å². The maximum atomic E-state index is 12.3. The molecule has 0 N–H and O–H groups in total. The molecule has 0 amide bonds. The van der Waals surface area contributed by atoms with E-state index in [9.17, 15) is 38.4 Å². The van der Waals surface area contributed by atoms with Gasteiger partial charge in [0.05, 0.1) is 0 Å². The van der Waals surface area contributed by atoms with Crippen molar-refractivity contribution < 1.29 is 85.7 Å². The summed E-state index contributed by atoms with van der Waals surface area (Å²) in [7, 11) is 0. The average Bonchev–Trinajstić information content (AvgIpc) is 2.91. The van der Waals surface area contributed by atoms with Crippen molar-refractivity contribution in [1.29, 1.82) is 0 Å². The van der Waals surface area contributed by atoms with E-state index in [0.717, 1.165) is 55.4 Å². The third-order valence-corrected chi connectivity index (χ3v) is 8.88. The van der Waals surface area contributed by atoms with E-state index in [1.165, 1.54) is 0 Å². The van der Waals surface area contributed by atoms with Crippen LogP contribution in [0.4, 0.5) is 0 Å². The van der Waals surface area contributed by atoms with Crippen molar-refractivity contribution in [2.24, 2.45) is 0 Å². The second kappa shape index (κ2) is 17.9. The van der Waals surface area contributed by atoms with Gasteiger partial charge in [-0.2, -0.15) is 0 Å². The summed E-state index contributed by atoms with van der Waals surface area (Å²) in [6, 6.07) is 0. The van der Waals surface area contributed by atoms with Crippen LogP contribution in [-0.2, 0) is 85.7 Å². The number of esters is 8. The van der Waals surface area contributed by atoms with Crippen molar-refractivity contribution in [1.82, 2.24) is 0 Å². The van der Waals surface area contributed by atoms with Crippen molar-refractivity contribution in [2.45, 2.75) is 114 Å². The molecule has 0 aromatic carbocycles. The van der Waals surface area contributed by atoms with Crippen LogP contribution in [0.3, 0.4) is 0 Å². The third-order valence-electron chi connectivity index (χ3n) is 6.16. The van der Waals surface area contributed by atoms with Crippen LogP contribution < -0.4 is 0 Å². The number of carbonyl (C=O) groups excluding carboxylic acids is 8. The van der Waals surface area contributed by atoms with Crippen LogP contribution in [0.5, 0.6) is 0 Å². The summed E-state index contributed by atoms with van der Waals surface area (Å²) >= 11 is -1.19. The second-order valence-corrected chi connectivity index (χ2v) is 12.8. The molecule has 19 heteroatoms. The summed E-state index contributed by atoms with van der Waals surface area (Å²) in [5, 5.41) is -2.55. The van der Waals surface area contributed by atoms with Gasteiger partial charge in [-0.3, -0.25) is 0 Å². The number of hydrogen-bond acceptors (Lipinski definition) is 18. The van der Waals surface area contributed by atoms with Crippen molar-refractivity contribution in [3.63, 3.8) is 0 Å². The van der Waals surface area contributed by atoms with Crippen LogP contribution >= 0.6 is 0 Å². The standard InChI is InChI=1S/C28H38O18Se/c1-11(29)37-9-19-21(39-13(3)31)23(41-15(5)33)25(43-17(7)35)27(45-19)47-28-26(44-18(8)36)24(42-16(6)34)22(40-14(4)32)20(46-28)10-38-12(2)30/h19-28H,9-10H2,1-8H3/t19-,20-,21+,22+,23+,24+,25-,26-,27+,28+/m1/s1. The Bertz CT molecular complexity index is 1110. The molecular formula is C28H38O18Se. The van der Waals surface area contributed by atoms with Crippen molar-refractivity contribution in [3.8, 4) is 0 Å². The van der Waals surface area contributed by atoms with Crippen molar-refractivity contribution >= 4 is 62.7 Å². The molecule has 0 aliphatic carbocycles. The van der Waals surface area contributed by atoms with E-state index in [4.69, 9.17) is 47.4 Å². The SMILES string of the molecule is CC(=O)OC[C@H]1O[C@@H]([Se][C@@H]2O[C@H](COC(C)=O)[C@H](OC(C)=O)[C@H](OC(C)=O)[C@H]2OC(C)=O)[C@H](OC(C)=O)[C@@H](OC(C)=O)[C@H]1OC(C)=O. The molecule has 2 saturated heterocycles. The fourth-order valence-corrected chi connectivity index (χ4v) is 7.68. The first-order chi connectivity index (χ1) is 21.9. The molecule has 0 saturated carbocycles. The number of hydrogen-bond donors (Lipinski definition) is 0. The summed E-state index contributed by atoms with van der Waals surface area (Å²) < 4.78 is 55.3. The Balaban J connectivity index is 2.69. The molecule has 47 heavy (non-hydrogen) atoms. The zero-order valence-electron chi connectivity index (χ0n) is 26.9. The zero-order valence-corrected chi connectivity index (χ0v) is 28.7. The summed E-state index contributed by atoms with van der Waals surface area (Å²) in [6.07, 6.45) is -11.3. The first-order valence-electron chi connectivity index (χ1n) is 14.2. The molecule has 264 valence electrons. The van der Waals surface area contributed by atoms with Crippen LogP contribution in [-0.4, -0.2) is 135 Å². The minimum absolute atomic E-state index is 0.497. The van der Waals surface area contributed by atoms with E-state index in [1.54, 1.807) is 0 Å². The summed E-state index contributed by atoms with van der Waals surface area (Å²) in [6.45, 7) is 7.64. The Morgan fingerprint density at radius 1 is 0.404 bits per heavy atom. The maximum absolute atomic E-state index is 12.3. The van der Waals surface area contributed by atoms with Gasteiger partial charge in [0.15, 0.2) is 0 Å². The van der Waals surface area contributed by atoms with Crippen LogP contribution in [0.2, 0.25) is 0 Å². The molecule has 2 rings (SSSR count). The molecule has 2 fully saturated rings. The predicted molar refractivity (Wildman–Crippen MR) is 150 cm³/mol. The summed E-state index contributed by atoms with van der Waals surface area (Å²) in [5.74, 6) is -6.49. The second-order valence-electron chi connectivity index (χ2n) is 10.3. The van der Waals surface area contributed by atoms with Gasteiger partial charge in [0.1, 0.15) is 0 Å². The quantitative estimate of drug-likeness (QED) is 0.131. The molecule has 0 spiro atoms. The Morgan fingerprint density at radius 3 is 0.915 bits per heavy atom. The fourth-order valence-electron chi connectivity index (χ4n) is 4.73. The van der Waals surface area contributed by atoms with Gasteiger partial charge < -0.3 is 0 Å². The normalized spacial score (nSPS) is 30.0. The van der Waals surface area contributed by atoms with Crippen LogP contribution in [0.25, 0.3) is 0 Å². The Morgan fingerprint density at radius 2 is 0.660 bits per heavy atom. The molecule has 2 aliphatic rings. The molecule has 0 unspecified atom stereocenters. The zero-order chi connectivity index (χ0) is 35.6. The molecule has 0 aromatic rings. The minimum atomic E-state index is -1.49. The van der Waals surface area contributed by atoms with Gasteiger partial charge in [0, 0.05) is 0 Å². The van der Waals surface area contributed by atoms with E-state index < -0.39 is 135 Å². The van der Waals surface area contributed by atoms with Gasteiger partial charge in [0.25, 0.3) is 0 Å². The van der Waals surface area contributed by atoms with Gasteiger partial charge in [0.2, 0.25) is 0 Å². The molecule has 0 aromatic heterocycles. The van der Waals surface area contributed by atoms with Crippen LogP contribution in [0.1, 0.15) is 55.4 Å². The number of rotatable bonds is 12. The average molecular weight is 742 g/mol. The van der Waals surface area contributed by atoms with Gasteiger partial charge in [-0.05, 0) is 0 Å². The van der Waals surface area contributed by atoms with Gasteiger partial charge in [-0.1, -0.05) is 0 Å². The Labute approximate surface area is 275 Å². The molecular weight excluding hydrogens is 703 g/mol. The van der Waals surface area contributed by atoms with E-state index in [0.29, 0.717) is 0 Å². The molecule has 10 atom stereocenters. The van der Waals surface area contributed by atoms with Gasteiger partial charge in [-0.25, -0.2) is 0 Å². The first-order valence-corrected chi connectivity index (χ1v) is 16.1. The molecule has 18 nitrogen and oxygen atoms in total. The Kier molecular flexibility index (Phi) is 15.0. The topological polar surface area (TPSA) is 229 Å². The molecule has 0 radical (unpaired) electrons. The number of carbonyl (C=O) groups is 8. The predicted octanol–water partition coefficient (Wildman–Crippen LogP) is -1.14. The van der Waals surface area contributed by atoms with Crippen LogP contribution in [0, 0.1) is 0 Å². The van der Waals surface area contributed by atoms with Crippen LogP contribution in [0.15, 0.2) is 0 Å². The fraction of sp³-hybridized carbons (Fsp3) is 0.714. The summed E-state index contributed by atoms with van der Waals surface area (Å²) in [5.41, 5.74) is 0. The van der Waals surface area contributed by atoms with Crippen molar-refractivity contribution in [2.75, 3.05) is 13.2 Å². The molecule has 0 bridgehead atoms. The monoisotopic (exact) mass is 742 g/mol. The molecule has 2 heterocycles. The molecule has 2 aliphatic heterocycles. The van der Waals surface area contributed by atoms with E-state index in [1.807, 2.05) is 0 Å². The van der Waals surface area contributed by atoms with Gasteiger partial charge in [-0.15, -0.1) is 0 Å². The van der Waals surface area contributed by atoms with E-state index in [2.05, 4.69) is 0 Å². The third kappa shape index (κ3) is 12.4. The van der Waals surface area contributed by atoms with Gasteiger partial charge >= 0.3 is 276 Å². The Hall–Kier alpha value is -3.80.